The molecule has 0 aromatic heterocycles. The molecule has 0 bridgehead atoms. The van der Waals surface area contributed by atoms with Crippen LogP contribution in [0.25, 0.3) is 0 Å². The number of carbonyl (C=O) groups is 1. The fourth-order valence-electron chi connectivity index (χ4n) is 2.16. The fourth-order valence-corrected chi connectivity index (χ4v) is 5.89. The molecule has 8 heteroatoms. The zero-order valence-electron chi connectivity index (χ0n) is 17.0. The number of thioether (sulfide) groups is 1. The normalized spacial score (nSPS) is 12.4. The molecular formula is C17H38NO5SSi+. The van der Waals surface area contributed by atoms with Gasteiger partial charge in [-0.3, -0.25) is 4.79 Å². The number of nitrogens with zero attached hydrogens (tertiary/aromatic N) is 1. The molecule has 0 radical (unpaired) electrons. The minimum absolute atomic E-state index is 0.109. The molecule has 0 aliphatic carbocycles. The van der Waals surface area contributed by atoms with Gasteiger partial charge in [0, 0.05) is 31.6 Å². The highest BCUT2D eigenvalue weighted by atomic mass is 32.2. The summed E-state index contributed by atoms with van der Waals surface area (Å²) in [4.78, 5) is 11.7. The molecule has 0 rings (SSSR count). The number of hydrogen-bond donors (Lipinski definition) is 0. The lowest BCUT2D eigenvalue weighted by molar-refractivity contribution is -0.870. The van der Waals surface area contributed by atoms with Gasteiger partial charge < -0.3 is 22.5 Å². The summed E-state index contributed by atoms with van der Waals surface area (Å²) in [6.07, 6.45) is 1.43. The van der Waals surface area contributed by atoms with Crippen LogP contribution in [0, 0.1) is 0 Å². The van der Waals surface area contributed by atoms with Gasteiger partial charge >= 0.3 is 14.8 Å². The maximum Gasteiger partial charge on any atom is 0.500 e. The summed E-state index contributed by atoms with van der Waals surface area (Å²) in [5, 5.41) is 0. The first kappa shape index (κ1) is 24.9. The van der Waals surface area contributed by atoms with Gasteiger partial charge in [0.1, 0.15) is 13.2 Å². The molecule has 0 N–H and O–H groups in total. The summed E-state index contributed by atoms with van der Waals surface area (Å²) in [5.74, 6) is 1.65. The smallest absolute Gasteiger partial charge is 0.460 e. The molecule has 0 saturated heterocycles. The number of esters is 1. The zero-order chi connectivity index (χ0) is 19.2. The molecule has 0 aromatic rings. The molecule has 0 saturated carbocycles. The SMILES string of the molecule is CCO[Si](CCCSCCC(=O)OCC[N+](C)(C)C)(OCC)OCC. The van der Waals surface area contributed by atoms with Crippen molar-refractivity contribution in [1.82, 2.24) is 0 Å². The maximum atomic E-state index is 11.7. The predicted molar refractivity (Wildman–Crippen MR) is 106 cm³/mol. The van der Waals surface area contributed by atoms with Crippen LogP contribution in [0.5, 0.6) is 0 Å². The predicted octanol–water partition coefficient (Wildman–Crippen LogP) is 2.80. The summed E-state index contributed by atoms with van der Waals surface area (Å²) in [7, 11) is 3.73. The van der Waals surface area contributed by atoms with E-state index in [1.807, 2.05) is 20.8 Å². The molecule has 25 heavy (non-hydrogen) atoms. The van der Waals surface area contributed by atoms with Crippen LogP contribution >= 0.6 is 11.8 Å². The van der Waals surface area contributed by atoms with E-state index in [-0.39, 0.29) is 5.97 Å². The largest absolute Gasteiger partial charge is 0.500 e. The van der Waals surface area contributed by atoms with Crippen LogP contribution in [0.1, 0.15) is 33.6 Å². The lowest BCUT2D eigenvalue weighted by Gasteiger charge is -2.28. The summed E-state index contributed by atoms with van der Waals surface area (Å²) in [6, 6.07) is 0.823. The summed E-state index contributed by atoms with van der Waals surface area (Å²) in [5.41, 5.74) is 0. The van der Waals surface area contributed by atoms with Crippen molar-refractivity contribution in [2.45, 2.75) is 39.7 Å². The van der Waals surface area contributed by atoms with Gasteiger partial charge in [0.15, 0.2) is 0 Å². The van der Waals surface area contributed by atoms with Crippen molar-refractivity contribution in [3.8, 4) is 0 Å². The Morgan fingerprint density at radius 1 is 0.960 bits per heavy atom. The number of carbonyl (C=O) groups excluding carboxylic acids is 1. The molecule has 150 valence electrons. The minimum Gasteiger partial charge on any atom is -0.460 e. The molecule has 0 aliphatic rings. The van der Waals surface area contributed by atoms with Crippen LogP contribution in [0.15, 0.2) is 0 Å². The average molecular weight is 397 g/mol. The second-order valence-corrected chi connectivity index (χ2v) is 10.6. The molecule has 0 unspecified atom stereocenters. The number of ether oxygens (including phenoxy) is 1. The fraction of sp³-hybridized carbons (Fsp3) is 0.941. The van der Waals surface area contributed by atoms with E-state index in [9.17, 15) is 4.79 Å². The molecule has 0 aromatic carbocycles. The highest BCUT2D eigenvalue weighted by molar-refractivity contribution is 7.99. The van der Waals surface area contributed by atoms with Crippen molar-refractivity contribution < 1.29 is 27.3 Å². The van der Waals surface area contributed by atoms with Crippen molar-refractivity contribution in [2.24, 2.45) is 0 Å². The molecule has 6 nitrogen and oxygen atoms in total. The first-order valence-electron chi connectivity index (χ1n) is 9.24. The van der Waals surface area contributed by atoms with E-state index in [0.29, 0.717) is 32.8 Å². The van der Waals surface area contributed by atoms with Crippen LogP contribution in [0.3, 0.4) is 0 Å². The monoisotopic (exact) mass is 396 g/mol. The maximum absolute atomic E-state index is 11.7. The minimum atomic E-state index is -2.52. The zero-order valence-corrected chi connectivity index (χ0v) is 18.8. The van der Waals surface area contributed by atoms with E-state index in [1.165, 1.54) is 0 Å². The van der Waals surface area contributed by atoms with Crippen molar-refractivity contribution in [3.63, 3.8) is 0 Å². The molecular weight excluding hydrogens is 358 g/mol. The Hall–Kier alpha value is -0.123. The van der Waals surface area contributed by atoms with Crippen molar-refractivity contribution in [1.29, 1.82) is 0 Å². The van der Waals surface area contributed by atoms with E-state index < -0.39 is 8.80 Å². The van der Waals surface area contributed by atoms with Crippen LogP contribution in [-0.2, 0) is 22.8 Å². The topological polar surface area (TPSA) is 54.0 Å². The van der Waals surface area contributed by atoms with Gasteiger partial charge in [-0.1, -0.05) is 0 Å². The molecule has 0 amide bonds. The van der Waals surface area contributed by atoms with Crippen molar-refractivity contribution in [2.75, 3.05) is 65.6 Å². The number of rotatable bonds is 16. The quantitative estimate of drug-likeness (QED) is 0.173. The van der Waals surface area contributed by atoms with E-state index in [0.717, 1.165) is 35.0 Å². The lowest BCUT2D eigenvalue weighted by Crippen LogP contribution is -2.46. The highest BCUT2D eigenvalue weighted by Gasteiger charge is 2.39. The van der Waals surface area contributed by atoms with Gasteiger partial charge in [-0.25, -0.2) is 0 Å². The van der Waals surface area contributed by atoms with Crippen LogP contribution in [0.4, 0.5) is 0 Å². The third kappa shape index (κ3) is 13.7. The van der Waals surface area contributed by atoms with Crippen molar-refractivity contribution in [3.05, 3.63) is 0 Å². The van der Waals surface area contributed by atoms with Gasteiger partial charge in [0.05, 0.1) is 27.6 Å². The molecule has 0 heterocycles. The van der Waals surface area contributed by atoms with E-state index >= 15 is 0 Å². The Balaban J connectivity index is 3.89. The van der Waals surface area contributed by atoms with Crippen LogP contribution in [-0.4, -0.2) is 84.9 Å². The Bertz CT molecular complexity index is 335. The highest BCUT2D eigenvalue weighted by Crippen LogP contribution is 2.20. The first-order chi connectivity index (χ1) is 11.8. The third-order valence-electron chi connectivity index (χ3n) is 3.34. The van der Waals surface area contributed by atoms with Gasteiger partial charge in [-0.15, -0.1) is 0 Å². The third-order valence-corrected chi connectivity index (χ3v) is 7.56. The second-order valence-electron chi connectivity index (χ2n) is 6.68. The molecule has 0 aliphatic heterocycles. The molecule has 0 spiro atoms. The second kappa shape index (κ2) is 14.0. The van der Waals surface area contributed by atoms with Crippen molar-refractivity contribution >= 4 is 26.5 Å². The number of hydrogen-bond acceptors (Lipinski definition) is 6. The number of quaternary nitrogens is 1. The molecule has 0 fully saturated rings. The van der Waals surface area contributed by atoms with Crippen LogP contribution < -0.4 is 0 Å². The van der Waals surface area contributed by atoms with Gasteiger partial charge in [-0.05, 0) is 32.9 Å². The summed E-state index contributed by atoms with van der Waals surface area (Å²) in [6.45, 7) is 9.06. The van der Waals surface area contributed by atoms with E-state index in [1.54, 1.807) is 11.8 Å². The number of likely N-dealkylation sites (N-methyl/N-ethyl adjacent to an activating group) is 1. The Labute approximate surface area is 159 Å². The molecule has 0 atom stereocenters. The van der Waals surface area contributed by atoms with Gasteiger partial charge in [0.25, 0.3) is 0 Å². The van der Waals surface area contributed by atoms with Crippen LogP contribution in [0.2, 0.25) is 6.04 Å². The Morgan fingerprint density at radius 2 is 1.52 bits per heavy atom. The summed E-state index contributed by atoms with van der Waals surface area (Å²) >= 11 is 1.77. The first-order valence-corrected chi connectivity index (χ1v) is 12.3. The Morgan fingerprint density at radius 3 is 2.00 bits per heavy atom. The van der Waals surface area contributed by atoms with E-state index in [2.05, 4.69) is 21.1 Å². The Kier molecular flexibility index (Phi) is 13.9. The lowest BCUT2D eigenvalue weighted by atomic mass is 10.5. The summed E-state index contributed by atoms with van der Waals surface area (Å²) < 4.78 is 23.6. The average Bonchev–Trinajstić information content (AvgIpc) is 2.50. The van der Waals surface area contributed by atoms with E-state index in [4.69, 9.17) is 18.0 Å². The van der Waals surface area contributed by atoms with Gasteiger partial charge in [0.2, 0.25) is 0 Å². The van der Waals surface area contributed by atoms with Gasteiger partial charge in [-0.2, -0.15) is 11.8 Å². The standard InChI is InChI=1S/C17H38NO5SSi/c1-7-21-25(22-8-2,23-9-3)16-10-14-24-15-11-17(19)20-13-12-18(4,5)6/h7-16H2,1-6H3/q+1.